The molecule has 1 saturated carbocycles. The highest BCUT2D eigenvalue weighted by atomic mass is 16.5. The van der Waals surface area contributed by atoms with E-state index >= 15 is 0 Å². The van der Waals surface area contributed by atoms with Crippen molar-refractivity contribution in [3.8, 4) is 0 Å². The summed E-state index contributed by atoms with van der Waals surface area (Å²) in [5.41, 5.74) is 0.762. The zero-order valence-corrected chi connectivity index (χ0v) is 7.15. The lowest BCUT2D eigenvalue weighted by atomic mass is 9.98. The predicted molar refractivity (Wildman–Crippen MR) is 43.1 cm³/mol. The van der Waals surface area contributed by atoms with Gasteiger partial charge in [0.15, 0.2) is 0 Å². The molecule has 0 aromatic heterocycles. The molecule has 0 unspecified atom stereocenters. The van der Waals surface area contributed by atoms with Crippen molar-refractivity contribution >= 4 is 0 Å². The van der Waals surface area contributed by atoms with E-state index in [-0.39, 0.29) is 0 Å². The Morgan fingerprint density at radius 1 is 1.40 bits per heavy atom. The van der Waals surface area contributed by atoms with Crippen LogP contribution in [0.1, 0.15) is 39.0 Å². The Labute approximate surface area is 63.8 Å². The van der Waals surface area contributed by atoms with Crippen LogP contribution in [0.15, 0.2) is 0 Å². The number of hydrogen-bond acceptors (Lipinski definition) is 1. The summed E-state index contributed by atoms with van der Waals surface area (Å²) in [7, 11) is 1.78. The minimum atomic E-state index is 0.762. The standard InChI is InChI=1S/C9H18O/c1-3-9(6-7-9)5-4-8-10-2/h3-8H2,1-2H3. The van der Waals surface area contributed by atoms with Crippen molar-refractivity contribution in [1.82, 2.24) is 0 Å². The number of methoxy groups -OCH3 is 1. The van der Waals surface area contributed by atoms with E-state index in [2.05, 4.69) is 6.92 Å². The van der Waals surface area contributed by atoms with Crippen LogP contribution in [-0.2, 0) is 4.74 Å². The van der Waals surface area contributed by atoms with Crippen molar-refractivity contribution in [2.45, 2.75) is 39.0 Å². The topological polar surface area (TPSA) is 9.23 Å². The molecule has 0 amide bonds. The van der Waals surface area contributed by atoms with Crippen LogP contribution < -0.4 is 0 Å². The molecule has 0 N–H and O–H groups in total. The van der Waals surface area contributed by atoms with E-state index < -0.39 is 0 Å². The highest BCUT2D eigenvalue weighted by Gasteiger charge is 2.39. The fourth-order valence-corrected chi connectivity index (χ4v) is 1.55. The lowest BCUT2D eigenvalue weighted by Gasteiger charge is -2.10. The van der Waals surface area contributed by atoms with Crippen LogP contribution in [0.5, 0.6) is 0 Å². The SMILES string of the molecule is CCC1(CCCOC)CC1. The van der Waals surface area contributed by atoms with Gasteiger partial charge in [-0.3, -0.25) is 0 Å². The predicted octanol–water partition coefficient (Wildman–Crippen LogP) is 2.60. The first kappa shape index (κ1) is 8.06. The van der Waals surface area contributed by atoms with Crippen LogP contribution in [0.2, 0.25) is 0 Å². The Hall–Kier alpha value is -0.0400. The molecular formula is C9H18O. The van der Waals surface area contributed by atoms with Crippen molar-refractivity contribution in [2.75, 3.05) is 13.7 Å². The fraction of sp³-hybridized carbons (Fsp3) is 1.00. The molecule has 0 bridgehead atoms. The molecule has 10 heavy (non-hydrogen) atoms. The maximum absolute atomic E-state index is 5.01. The van der Waals surface area contributed by atoms with Gasteiger partial charge in [0.05, 0.1) is 0 Å². The first-order valence-electron chi connectivity index (χ1n) is 4.32. The van der Waals surface area contributed by atoms with Gasteiger partial charge in [-0.25, -0.2) is 0 Å². The number of ether oxygens (including phenoxy) is 1. The summed E-state index contributed by atoms with van der Waals surface area (Å²) in [4.78, 5) is 0. The molecule has 0 aliphatic heterocycles. The third-order valence-electron chi connectivity index (χ3n) is 2.76. The minimum absolute atomic E-state index is 0.762. The van der Waals surface area contributed by atoms with Crippen LogP contribution in [0.4, 0.5) is 0 Å². The monoisotopic (exact) mass is 142 g/mol. The normalized spacial score (nSPS) is 21.0. The largest absolute Gasteiger partial charge is 0.385 e. The highest BCUT2D eigenvalue weighted by Crippen LogP contribution is 2.52. The van der Waals surface area contributed by atoms with E-state index in [1.807, 2.05) is 0 Å². The fourth-order valence-electron chi connectivity index (χ4n) is 1.55. The molecule has 0 radical (unpaired) electrons. The molecule has 1 fully saturated rings. The molecule has 1 aliphatic rings. The van der Waals surface area contributed by atoms with Gasteiger partial charge in [0, 0.05) is 13.7 Å². The average molecular weight is 142 g/mol. The van der Waals surface area contributed by atoms with Crippen LogP contribution in [-0.4, -0.2) is 13.7 Å². The van der Waals surface area contributed by atoms with Gasteiger partial charge in [-0.1, -0.05) is 13.3 Å². The van der Waals surface area contributed by atoms with Crippen LogP contribution in [0.25, 0.3) is 0 Å². The molecule has 1 aliphatic carbocycles. The first-order chi connectivity index (χ1) is 4.83. The maximum atomic E-state index is 5.01. The summed E-state index contributed by atoms with van der Waals surface area (Å²) >= 11 is 0. The minimum Gasteiger partial charge on any atom is -0.385 e. The van der Waals surface area contributed by atoms with Crippen molar-refractivity contribution < 1.29 is 4.74 Å². The molecule has 1 nitrogen and oxygen atoms in total. The Balaban J connectivity index is 2.01. The molecule has 0 heterocycles. The molecule has 0 saturated heterocycles. The molecule has 0 atom stereocenters. The maximum Gasteiger partial charge on any atom is 0.0462 e. The van der Waals surface area contributed by atoms with Gasteiger partial charge in [-0.05, 0) is 31.1 Å². The van der Waals surface area contributed by atoms with Crippen molar-refractivity contribution in [3.05, 3.63) is 0 Å². The van der Waals surface area contributed by atoms with Crippen molar-refractivity contribution in [3.63, 3.8) is 0 Å². The third-order valence-corrected chi connectivity index (χ3v) is 2.76. The molecule has 1 rings (SSSR count). The molecular weight excluding hydrogens is 124 g/mol. The van der Waals surface area contributed by atoms with Gasteiger partial charge in [-0.2, -0.15) is 0 Å². The Kier molecular flexibility index (Phi) is 2.72. The smallest absolute Gasteiger partial charge is 0.0462 e. The number of rotatable bonds is 5. The Bertz CT molecular complexity index is 94.9. The highest BCUT2D eigenvalue weighted by molar-refractivity contribution is 4.91. The van der Waals surface area contributed by atoms with E-state index in [9.17, 15) is 0 Å². The molecule has 0 spiro atoms. The zero-order valence-electron chi connectivity index (χ0n) is 7.15. The first-order valence-corrected chi connectivity index (χ1v) is 4.32. The van der Waals surface area contributed by atoms with Gasteiger partial charge in [0.25, 0.3) is 0 Å². The third kappa shape index (κ3) is 1.98. The summed E-state index contributed by atoms with van der Waals surface area (Å²) in [6.45, 7) is 3.25. The van der Waals surface area contributed by atoms with E-state index in [0.29, 0.717) is 0 Å². The average Bonchev–Trinajstić information content (AvgIpc) is 2.70. The van der Waals surface area contributed by atoms with E-state index in [1.165, 1.54) is 32.1 Å². The lowest BCUT2D eigenvalue weighted by Crippen LogP contribution is -2.00. The summed E-state index contributed by atoms with van der Waals surface area (Å²) in [5, 5.41) is 0. The summed E-state index contributed by atoms with van der Waals surface area (Å²) in [5.74, 6) is 0. The van der Waals surface area contributed by atoms with Crippen molar-refractivity contribution in [1.29, 1.82) is 0 Å². The molecule has 60 valence electrons. The quantitative estimate of drug-likeness (QED) is 0.536. The van der Waals surface area contributed by atoms with Crippen LogP contribution in [0, 0.1) is 5.41 Å². The van der Waals surface area contributed by atoms with Gasteiger partial charge in [0.2, 0.25) is 0 Å². The van der Waals surface area contributed by atoms with Gasteiger partial charge >= 0.3 is 0 Å². The number of hydrogen-bond donors (Lipinski definition) is 0. The Morgan fingerprint density at radius 3 is 2.50 bits per heavy atom. The second-order valence-corrected chi connectivity index (χ2v) is 3.45. The van der Waals surface area contributed by atoms with E-state index in [4.69, 9.17) is 4.74 Å². The van der Waals surface area contributed by atoms with Crippen LogP contribution in [0.3, 0.4) is 0 Å². The lowest BCUT2D eigenvalue weighted by molar-refractivity contribution is 0.184. The second-order valence-electron chi connectivity index (χ2n) is 3.45. The summed E-state index contributed by atoms with van der Waals surface area (Å²) in [6.07, 6.45) is 6.94. The van der Waals surface area contributed by atoms with Gasteiger partial charge in [0.1, 0.15) is 0 Å². The van der Waals surface area contributed by atoms with Gasteiger partial charge < -0.3 is 4.74 Å². The zero-order chi connectivity index (χ0) is 7.45. The van der Waals surface area contributed by atoms with Crippen LogP contribution >= 0.6 is 0 Å². The summed E-state index contributed by atoms with van der Waals surface area (Å²) < 4.78 is 5.01. The van der Waals surface area contributed by atoms with Crippen molar-refractivity contribution in [2.24, 2.45) is 5.41 Å². The van der Waals surface area contributed by atoms with E-state index in [1.54, 1.807) is 7.11 Å². The molecule has 0 aromatic carbocycles. The van der Waals surface area contributed by atoms with E-state index in [0.717, 1.165) is 12.0 Å². The summed E-state index contributed by atoms with van der Waals surface area (Å²) in [6, 6.07) is 0. The molecule has 1 heteroatoms. The second kappa shape index (κ2) is 3.38. The van der Waals surface area contributed by atoms with Gasteiger partial charge in [-0.15, -0.1) is 0 Å². The Morgan fingerprint density at radius 2 is 2.10 bits per heavy atom. The molecule has 0 aromatic rings.